The highest BCUT2D eigenvalue weighted by Crippen LogP contribution is 2.51. The number of rotatable bonds is 3. The monoisotopic (exact) mass is 349 g/mol. The molecule has 130 valence electrons. The third-order valence-corrected chi connectivity index (χ3v) is 6.60. The number of aromatic nitrogens is 2. The van der Waals surface area contributed by atoms with Gasteiger partial charge in [0.2, 0.25) is 11.8 Å². The molecule has 0 saturated carbocycles. The summed E-state index contributed by atoms with van der Waals surface area (Å²) in [4.78, 5) is 28.5. The Hall–Kier alpha value is -1.54. The summed E-state index contributed by atoms with van der Waals surface area (Å²) >= 11 is 1.25. The number of carbonyl (C=O) groups excluding carboxylic acids is 2. The van der Waals surface area contributed by atoms with E-state index in [2.05, 4.69) is 32.8 Å². The summed E-state index contributed by atoms with van der Waals surface area (Å²) in [6.07, 6.45) is 2.93. The molecule has 3 aliphatic heterocycles. The number of likely N-dealkylation sites (tertiary alicyclic amines) is 2. The first kappa shape index (κ1) is 16.0. The van der Waals surface area contributed by atoms with E-state index in [4.69, 9.17) is 0 Å². The van der Waals surface area contributed by atoms with Crippen LogP contribution in [0.3, 0.4) is 0 Å². The first-order valence-electron chi connectivity index (χ1n) is 8.46. The molecule has 4 rings (SSSR count). The summed E-state index contributed by atoms with van der Waals surface area (Å²) in [5.74, 6) is 0.0844. The molecule has 8 heteroatoms. The van der Waals surface area contributed by atoms with Crippen molar-refractivity contribution in [2.45, 2.75) is 39.3 Å². The molecule has 0 aromatic carbocycles. The van der Waals surface area contributed by atoms with Gasteiger partial charge in [-0.05, 0) is 6.42 Å². The van der Waals surface area contributed by atoms with Gasteiger partial charge in [0.15, 0.2) is 0 Å². The lowest BCUT2D eigenvalue weighted by Gasteiger charge is -2.30. The highest BCUT2D eigenvalue weighted by atomic mass is 32.1. The highest BCUT2D eigenvalue weighted by molar-refractivity contribution is 6.99. The van der Waals surface area contributed by atoms with Crippen LogP contribution in [0.15, 0.2) is 6.20 Å². The minimum atomic E-state index is -0.319. The maximum Gasteiger partial charge on any atom is 0.245 e. The number of hydrogen-bond acceptors (Lipinski definition) is 6. The van der Waals surface area contributed by atoms with Crippen molar-refractivity contribution in [2.75, 3.05) is 26.2 Å². The van der Waals surface area contributed by atoms with Gasteiger partial charge in [0.05, 0.1) is 23.6 Å². The van der Waals surface area contributed by atoms with Crippen molar-refractivity contribution < 1.29 is 9.59 Å². The summed E-state index contributed by atoms with van der Waals surface area (Å²) in [5.41, 5.74) is 1.18. The fourth-order valence-electron chi connectivity index (χ4n) is 4.57. The van der Waals surface area contributed by atoms with E-state index in [1.807, 2.05) is 11.1 Å². The van der Waals surface area contributed by atoms with Gasteiger partial charge in [-0.25, -0.2) is 0 Å². The number of hydrogen-bond donors (Lipinski definition) is 1. The van der Waals surface area contributed by atoms with Crippen LogP contribution in [0.5, 0.6) is 0 Å². The molecule has 0 bridgehead atoms. The molecule has 3 aliphatic rings. The average Bonchev–Trinajstić information content (AvgIpc) is 3.23. The van der Waals surface area contributed by atoms with Gasteiger partial charge in [0.1, 0.15) is 6.04 Å². The van der Waals surface area contributed by atoms with Crippen LogP contribution >= 0.6 is 11.7 Å². The smallest absolute Gasteiger partial charge is 0.245 e. The second-order valence-electron chi connectivity index (χ2n) is 8.02. The topological polar surface area (TPSA) is 78.4 Å². The summed E-state index contributed by atoms with van der Waals surface area (Å²) in [6.45, 7) is 8.85. The Morgan fingerprint density at radius 2 is 2.04 bits per heavy atom. The van der Waals surface area contributed by atoms with Crippen molar-refractivity contribution in [1.29, 1.82) is 0 Å². The molecule has 3 atom stereocenters. The molecule has 3 fully saturated rings. The van der Waals surface area contributed by atoms with Crippen LogP contribution in [-0.4, -0.2) is 62.6 Å². The van der Waals surface area contributed by atoms with Crippen LogP contribution in [0.4, 0.5) is 0 Å². The van der Waals surface area contributed by atoms with E-state index in [1.54, 1.807) is 0 Å². The Balaban J connectivity index is 1.43. The zero-order valence-electron chi connectivity index (χ0n) is 14.1. The van der Waals surface area contributed by atoms with Gasteiger partial charge in [0.25, 0.3) is 0 Å². The zero-order chi connectivity index (χ0) is 16.9. The van der Waals surface area contributed by atoms with Crippen LogP contribution < -0.4 is 5.32 Å². The summed E-state index contributed by atoms with van der Waals surface area (Å²) in [7, 11) is 0. The lowest BCUT2D eigenvalue weighted by atomic mass is 9.71. The predicted octanol–water partition coefficient (Wildman–Crippen LogP) is 0.487. The van der Waals surface area contributed by atoms with Crippen LogP contribution in [0.2, 0.25) is 0 Å². The summed E-state index contributed by atoms with van der Waals surface area (Å²) < 4.78 is 8.38. The van der Waals surface area contributed by atoms with Gasteiger partial charge in [-0.15, -0.1) is 0 Å². The van der Waals surface area contributed by atoms with Crippen LogP contribution in [0.1, 0.15) is 32.4 Å². The number of amides is 2. The molecule has 0 aliphatic carbocycles. The van der Waals surface area contributed by atoms with Crippen molar-refractivity contribution in [3.05, 3.63) is 11.9 Å². The SMILES string of the molecule is C[C@@]12CN(Cc3cnsn3)C[C@]1(C)CN(C(=O)[C@H]1CCC(=O)N1)C2. The average molecular weight is 349 g/mol. The Bertz CT molecular complexity index is 645. The molecular formula is C16H23N5O2S. The number of nitrogens with zero attached hydrogens (tertiary/aromatic N) is 4. The maximum atomic E-state index is 12.7. The van der Waals surface area contributed by atoms with E-state index in [9.17, 15) is 9.59 Å². The molecular weight excluding hydrogens is 326 g/mol. The molecule has 24 heavy (non-hydrogen) atoms. The Morgan fingerprint density at radius 3 is 2.58 bits per heavy atom. The minimum absolute atomic E-state index is 0.00629. The second kappa shape index (κ2) is 5.49. The number of carbonyl (C=O) groups is 2. The van der Waals surface area contributed by atoms with Gasteiger partial charge in [-0.2, -0.15) is 8.75 Å². The van der Waals surface area contributed by atoms with E-state index in [1.165, 1.54) is 11.7 Å². The Morgan fingerprint density at radius 1 is 1.33 bits per heavy atom. The molecule has 0 radical (unpaired) electrons. The number of fused-ring (bicyclic) bond motifs is 1. The van der Waals surface area contributed by atoms with Gasteiger partial charge >= 0.3 is 0 Å². The molecule has 7 nitrogen and oxygen atoms in total. The van der Waals surface area contributed by atoms with Crippen LogP contribution in [-0.2, 0) is 16.1 Å². The van der Waals surface area contributed by atoms with Crippen LogP contribution in [0.25, 0.3) is 0 Å². The standard InChI is InChI=1S/C16H23N5O2S/c1-15-7-20(6-11-5-17-24-19-11)8-16(15,2)10-21(9-15)14(23)12-3-4-13(22)18-12/h5,12H,3-4,6-10H2,1-2H3,(H,18,22)/t12-,15-,16+/m1/s1. The molecule has 0 unspecified atom stereocenters. The highest BCUT2D eigenvalue weighted by Gasteiger charge is 2.58. The van der Waals surface area contributed by atoms with E-state index < -0.39 is 0 Å². The third kappa shape index (κ3) is 2.52. The zero-order valence-corrected chi connectivity index (χ0v) is 14.9. The third-order valence-electron chi connectivity index (χ3n) is 6.08. The van der Waals surface area contributed by atoms with E-state index >= 15 is 0 Å². The summed E-state index contributed by atoms with van der Waals surface area (Å²) in [5, 5.41) is 2.81. The largest absolute Gasteiger partial charge is 0.344 e. The lowest BCUT2D eigenvalue weighted by molar-refractivity contribution is -0.134. The maximum absolute atomic E-state index is 12.7. The van der Waals surface area contributed by atoms with Gasteiger partial charge in [-0.3, -0.25) is 14.5 Å². The van der Waals surface area contributed by atoms with E-state index in [0.29, 0.717) is 12.8 Å². The normalized spacial score (nSPS) is 36.2. The second-order valence-corrected chi connectivity index (χ2v) is 8.58. The van der Waals surface area contributed by atoms with Crippen molar-refractivity contribution >= 4 is 23.5 Å². The first-order valence-corrected chi connectivity index (χ1v) is 9.19. The van der Waals surface area contributed by atoms with Gasteiger partial charge < -0.3 is 10.2 Å². The van der Waals surface area contributed by atoms with Crippen molar-refractivity contribution in [1.82, 2.24) is 23.9 Å². The van der Waals surface area contributed by atoms with Crippen LogP contribution in [0, 0.1) is 10.8 Å². The van der Waals surface area contributed by atoms with E-state index in [0.717, 1.165) is 38.4 Å². The van der Waals surface area contributed by atoms with E-state index in [-0.39, 0.29) is 28.7 Å². The lowest BCUT2D eigenvalue weighted by Crippen LogP contribution is -2.45. The molecule has 1 aromatic rings. The Labute approximate surface area is 145 Å². The summed E-state index contributed by atoms with van der Waals surface area (Å²) in [6, 6.07) is -0.319. The molecule has 1 N–H and O–H groups in total. The van der Waals surface area contributed by atoms with Crippen molar-refractivity contribution in [3.63, 3.8) is 0 Å². The molecule has 4 heterocycles. The van der Waals surface area contributed by atoms with Crippen molar-refractivity contribution in [3.8, 4) is 0 Å². The Kier molecular flexibility index (Phi) is 3.65. The first-order chi connectivity index (χ1) is 11.4. The van der Waals surface area contributed by atoms with Gasteiger partial charge in [0, 0.05) is 50.0 Å². The quantitative estimate of drug-likeness (QED) is 0.859. The number of nitrogens with one attached hydrogen (secondary N) is 1. The molecule has 0 spiro atoms. The van der Waals surface area contributed by atoms with Crippen molar-refractivity contribution in [2.24, 2.45) is 10.8 Å². The fraction of sp³-hybridized carbons (Fsp3) is 0.750. The van der Waals surface area contributed by atoms with Gasteiger partial charge in [-0.1, -0.05) is 13.8 Å². The predicted molar refractivity (Wildman–Crippen MR) is 89.1 cm³/mol. The molecule has 3 saturated heterocycles. The molecule has 2 amide bonds. The molecule has 1 aromatic heterocycles. The minimum Gasteiger partial charge on any atom is -0.344 e. The fourth-order valence-corrected chi connectivity index (χ4v) is 5.00.